The molecule has 210 valence electrons. The lowest BCUT2D eigenvalue weighted by Gasteiger charge is -2.46. The number of hydrogen-bond acceptors (Lipinski definition) is 6. The summed E-state index contributed by atoms with van der Waals surface area (Å²) in [5.41, 5.74) is 2.65. The number of hydrogen-bond donors (Lipinski definition) is 2. The van der Waals surface area contributed by atoms with Gasteiger partial charge in [-0.25, -0.2) is 4.79 Å². The molecule has 0 aromatic heterocycles. The Morgan fingerprint density at radius 2 is 1.21 bits per heavy atom. The monoisotopic (exact) mass is 524 g/mol. The van der Waals surface area contributed by atoms with Crippen molar-refractivity contribution in [2.24, 2.45) is 5.92 Å². The maximum atomic E-state index is 13.0. The molecule has 6 nitrogen and oxygen atoms in total. The lowest BCUT2D eigenvalue weighted by atomic mass is 9.80. The number of rotatable bonds is 5. The molecule has 0 amide bonds. The molecule has 0 spiro atoms. The third-order valence-electron chi connectivity index (χ3n) is 8.10. The Morgan fingerprint density at radius 1 is 0.737 bits per heavy atom. The van der Waals surface area contributed by atoms with Crippen molar-refractivity contribution in [1.82, 2.24) is 10.6 Å². The van der Waals surface area contributed by atoms with E-state index in [1.165, 1.54) is 5.57 Å². The summed E-state index contributed by atoms with van der Waals surface area (Å²) in [5, 5.41) is 7.27. The molecule has 3 aliphatic rings. The summed E-state index contributed by atoms with van der Waals surface area (Å²) in [6.45, 7) is 17.3. The molecule has 1 unspecified atom stereocenters. The van der Waals surface area contributed by atoms with Crippen LogP contribution in [-0.4, -0.2) is 46.3 Å². The van der Waals surface area contributed by atoms with Gasteiger partial charge in [-0.1, -0.05) is 18.2 Å². The van der Waals surface area contributed by atoms with Crippen LogP contribution in [0.5, 0.6) is 0 Å². The third kappa shape index (κ3) is 7.47. The molecule has 4 rings (SSSR count). The molecule has 0 radical (unpaired) electrons. The van der Waals surface area contributed by atoms with Gasteiger partial charge in [-0.3, -0.25) is 4.79 Å². The molecule has 2 N–H and O–H groups in total. The van der Waals surface area contributed by atoms with E-state index >= 15 is 0 Å². The molecule has 0 bridgehead atoms. The fourth-order valence-electron chi connectivity index (χ4n) is 7.23. The second-order valence-electron chi connectivity index (χ2n) is 14.5. The smallest absolute Gasteiger partial charge is 0.338 e. The number of allylic oxidation sites excluding steroid dienone is 2. The Labute approximate surface area is 229 Å². The molecule has 2 heterocycles. The summed E-state index contributed by atoms with van der Waals surface area (Å²) in [6, 6.07) is 7.71. The molecule has 1 atom stereocenters. The van der Waals surface area contributed by atoms with Gasteiger partial charge < -0.3 is 20.1 Å². The Hall–Kier alpha value is -2.18. The summed E-state index contributed by atoms with van der Waals surface area (Å²) in [4.78, 5) is 25.8. The number of benzene rings is 1. The van der Waals surface area contributed by atoms with Crippen LogP contribution in [0.1, 0.15) is 116 Å². The predicted octanol–water partition coefficient (Wildman–Crippen LogP) is 6.19. The van der Waals surface area contributed by atoms with E-state index in [-0.39, 0.29) is 52.2 Å². The van der Waals surface area contributed by atoms with Gasteiger partial charge in [-0.05, 0) is 97.9 Å². The van der Waals surface area contributed by atoms with Crippen LogP contribution >= 0.6 is 0 Å². The van der Waals surface area contributed by atoms with Gasteiger partial charge in [0.1, 0.15) is 12.2 Å². The van der Waals surface area contributed by atoms with E-state index < -0.39 is 0 Å². The molecule has 38 heavy (non-hydrogen) atoms. The van der Waals surface area contributed by atoms with Gasteiger partial charge in [0.05, 0.1) is 11.5 Å². The van der Waals surface area contributed by atoms with Gasteiger partial charge in [0, 0.05) is 47.8 Å². The molecular weight excluding hydrogens is 476 g/mol. The number of nitrogens with one attached hydrogen (secondary N) is 2. The lowest BCUT2D eigenvalue weighted by molar-refractivity contribution is -0.158. The molecule has 1 aromatic carbocycles. The first-order chi connectivity index (χ1) is 17.5. The Kier molecular flexibility index (Phi) is 7.90. The fourth-order valence-corrected chi connectivity index (χ4v) is 7.23. The van der Waals surface area contributed by atoms with Gasteiger partial charge in [0.2, 0.25) is 0 Å². The van der Waals surface area contributed by atoms with E-state index in [0.29, 0.717) is 12.0 Å². The Balaban J connectivity index is 1.31. The second-order valence-corrected chi connectivity index (χ2v) is 14.5. The summed E-state index contributed by atoms with van der Waals surface area (Å²) in [7, 11) is 0. The number of carbonyl (C=O) groups is 2. The summed E-state index contributed by atoms with van der Waals surface area (Å²) >= 11 is 0. The average molecular weight is 525 g/mol. The quantitative estimate of drug-likeness (QED) is 0.448. The largest absolute Gasteiger partial charge is 0.462 e. The van der Waals surface area contributed by atoms with E-state index in [1.807, 2.05) is 24.3 Å². The van der Waals surface area contributed by atoms with E-state index in [4.69, 9.17) is 9.47 Å². The molecular formula is C32H48N2O4. The van der Waals surface area contributed by atoms with Crippen molar-refractivity contribution in [1.29, 1.82) is 0 Å². The number of piperidine rings is 2. The van der Waals surface area contributed by atoms with Crippen molar-refractivity contribution >= 4 is 17.5 Å². The van der Waals surface area contributed by atoms with Crippen molar-refractivity contribution < 1.29 is 19.1 Å². The summed E-state index contributed by atoms with van der Waals surface area (Å²) < 4.78 is 11.9. The van der Waals surface area contributed by atoms with Crippen LogP contribution < -0.4 is 10.6 Å². The van der Waals surface area contributed by atoms with Crippen molar-refractivity contribution in [3.63, 3.8) is 0 Å². The van der Waals surface area contributed by atoms with Crippen LogP contribution in [0.25, 0.3) is 5.57 Å². The van der Waals surface area contributed by atoms with Gasteiger partial charge >= 0.3 is 11.9 Å². The molecule has 2 fully saturated rings. The van der Waals surface area contributed by atoms with E-state index in [0.717, 1.165) is 44.1 Å². The minimum atomic E-state index is -0.264. The zero-order valence-electron chi connectivity index (χ0n) is 24.7. The Bertz CT molecular complexity index is 1040. The first-order valence-corrected chi connectivity index (χ1v) is 14.3. The highest BCUT2D eigenvalue weighted by Crippen LogP contribution is 2.35. The highest BCUT2D eigenvalue weighted by Gasteiger charge is 2.41. The zero-order chi connectivity index (χ0) is 27.9. The highest BCUT2D eigenvalue weighted by molar-refractivity contribution is 5.90. The Morgan fingerprint density at radius 3 is 1.66 bits per heavy atom. The normalized spacial score (nSPS) is 26.7. The maximum absolute atomic E-state index is 13.0. The van der Waals surface area contributed by atoms with Crippen LogP contribution in [0.4, 0.5) is 0 Å². The standard InChI is InChI=1S/C32H48N2O4/c1-29(2)17-25(18-30(3,4)33-29)37-27(35)23-13-9-21(10-14-23)22-11-15-24(16-12-22)28(36)38-26-19-31(5,6)34-32(7,8)20-26/h9-11,13-14,24-26,33-34H,12,15-20H2,1-8H3. The molecule has 2 aliphatic heterocycles. The topological polar surface area (TPSA) is 76.7 Å². The lowest BCUT2D eigenvalue weighted by Crippen LogP contribution is -2.59. The minimum Gasteiger partial charge on any atom is -0.462 e. The second kappa shape index (κ2) is 10.4. The average Bonchev–Trinajstić information content (AvgIpc) is 2.75. The van der Waals surface area contributed by atoms with E-state index in [2.05, 4.69) is 72.1 Å². The number of esters is 2. The van der Waals surface area contributed by atoms with Gasteiger partial charge in [-0.2, -0.15) is 0 Å². The first-order valence-electron chi connectivity index (χ1n) is 14.3. The predicted molar refractivity (Wildman–Crippen MR) is 152 cm³/mol. The highest BCUT2D eigenvalue weighted by atomic mass is 16.5. The van der Waals surface area contributed by atoms with Gasteiger partial charge in [-0.15, -0.1) is 0 Å². The fraction of sp³-hybridized carbons (Fsp3) is 0.688. The third-order valence-corrected chi connectivity index (χ3v) is 8.10. The maximum Gasteiger partial charge on any atom is 0.338 e. The molecule has 2 saturated heterocycles. The van der Waals surface area contributed by atoms with Crippen LogP contribution in [-0.2, 0) is 14.3 Å². The molecule has 1 aliphatic carbocycles. The van der Waals surface area contributed by atoms with Crippen LogP contribution in [0, 0.1) is 5.92 Å². The molecule has 1 aromatic rings. The van der Waals surface area contributed by atoms with E-state index in [9.17, 15) is 9.59 Å². The van der Waals surface area contributed by atoms with E-state index in [1.54, 1.807) is 0 Å². The van der Waals surface area contributed by atoms with Gasteiger partial charge in [0.15, 0.2) is 0 Å². The van der Waals surface area contributed by atoms with Crippen LogP contribution in [0.15, 0.2) is 30.3 Å². The van der Waals surface area contributed by atoms with Gasteiger partial charge in [0.25, 0.3) is 0 Å². The number of ether oxygens (including phenoxy) is 2. The summed E-state index contributed by atoms with van der Waals surface area (Å²) in [5.74, 6) is -0.423. The van der Waals surface area contributed by atoms with Crippen LogP contribution in [0.3, 0.4) is 0 Å². The molecule has 6 heteroatoms. The SMILES string of the molecule is CC1(C)CC(OC(=O)c2ccc(C3=CCC(C(=O)OC4CC(C)(C)NC(C)(C)C4)CC3)cc2)CC(C)(C)N1. The van der Waals surface area contributed by atoms with Crippen molar-refractivity contribution in [2.45, 2.75) is 135 Å². The first kappa shape index (κ1) is 28.8. The number of carbonyl (C=O) groups excluding carboxylic acids is 2. The van der Waals surface area contributed by atoms with Crippen LogP contribution in [0.2, 0.25) is 0 Å². The minimum absolute atomic E-state index is 0.0477. The summed E-state index contributed by atoms with van der Waals surface area (Å²) in [6.07, 6.45) is 7.57. The molecule has 0 saturated carbocycles. The van der Waals surface area contributed by atoms with Crippen molar-refractivity contribution in [2.75, 3.05) is 0 Å². The van der Waals surface area contributed by atoms with Crippen molar-refractivity contribution in [3.05, 3.63) is 41.5 Å². The zero-order valence-corrected chi connectivity index (χ0v) is 24.7. The van der Waals surface area contributed by atoms with Crippen molar-refractivity contribution in [3.8, 4) is 0 Å².